The molecule has 46 heavy (non-hydrogen) atoms. The number of carbonyl (C=O) groups excluding carboxylic acids is 4. The van der Waals surface area contributed by atoms with Crippen LogP contribution < -0.4 is 0 Å². The monoisotopic (exact) mass is 657 g/mol. The third-order valence-electron chi connectivity index (χ3n) is 8.91. The van der Waals surface area contributed by atoms with Gasteiger partial charge in [0, 0.05) is 0 Å². The number of rotatable bonds is 4. The van der Waals surface area contributed by atoms with Crippen LogP contribution in [-0.4, -0.2) is 41.7 Å². The predicted molar refractivity (Wildman–Crippen MR) is 192 cm³/mol. The molecule has 8 atom stereocenters. The minimum atomic E-state index is -0.502. The summed E-state index contributed by atoms with van der Waals surface area (Å²) < 4.78 is 14.4. The van der Waals surface area contributed by atoms with Crippen molar-refractivity contribution in [3.05, 3.63) is 29.3 Å². The van der Waals surface area contributed by atoms with Crippen LogP contribution in [0.15, 0.2) is 18.2 Å². The zero-order valence-corrected chi connectivity index (χ0v) is 25.8. The lowest BCUT2D eigenvalue weighted by Gasteiger charge is -2.32. The molecule has 1 aromatic rings. The number of carbonyl (C=O) groups is 4. The molecule has 3 fully saturated rings. The number of hydrogen-bond acceptors (Lipinski definition) is 8. The zero-order chi connectivity index (χ0) is 30.5. The standard InChI is InChI=1S/C14H24O2.C12H16O3.C6H8O3.6CH4/c1-8-9(2)11-6-10(8)7-12(11)13(15)16-14(3,4)5;1-4-8(2)9-5-6-11(13)10(7-9)12(14)15-3;1-3-4(2)6(8)9-5(3)7;;;;;;/h8-12H,6-7H2,1-5H3;5-8,13H,4H2,1-3H3;3-4H,1-2H3;6*1H4. The fourth-order valence-corrected chi connectivity index (χ4v) is 5.65. The number of fused-ring (bicyclic) bond motifs is 2. The first-order valence-electron chi connectivity index (χ1n) is 14.4. The second-order valence-electron chi connectivity index (χ2n) is 12.6. The summed E-state index contributed by atoms with van der Waals surface area (Å²) in [4.78, 5) is 44.5. The van der Waals surface area contributed by atoms with E-state index < -0.39 is 17.9 Å². The normalized spacial score (nSPS) is 25.6. The summed E-state index contributed by atoms with van der Waals surface area (Å²) >= 11 is 0. The number of hydrogen-bond donors (Lipinski definition) is 1. The van der Waals surface area contributed by atoms with Crippen LogP contribution >= 0.6 is 0 Å². The van der Waals surface area contributed by atoms with E-state index in [0.29, 0.717) is 17.8 Å². The predicted octanol–water partition coefficient (Wildman–Crippen LogP) is 10.1. The van der Waals surface area contributed by atoms with E-state index in [0.717, 1.165) is 30.2 Å². The zero-order valence-electron chi connectivity index (χ0n) is 25.8. The number of phenols is 1. The smallest absolute Gasteiger partial charge is 0.341 e. The Labute approximate surface area is 283 Å². The van der Waals surface area contributed by atoms with Gasteiger partial charge < -0.3 is 19.3 Å². The fourth-order valence-electron chi connectivity index (χ4n) is 5.65. The lowest BCUT2D eigenvalue weighted by Crippen LogP contribution is -2.35. The highest BCUT2D eigenvalue weighted by molar-refractivity contribution is 5.95. The maximum atomic E-state index is 12.1. The van der Waals surface area contributed by atoms with Crippen LogP contribution in [0.1, 0.15) is 148 Å². The molecule has 272 valence electrons. The van der Waals surface area contributed by atoms with Crippen molar-refractivity contribution in [3.8, 4) is 5.75 Å². The molecule has 1 aromatic carbocycles. The number of phenolic OH excluding ortho intramolecular Hbond substituents is 1. The molecule has 1 aliphatic heterocycles. The molecule has 3 aliphatic rings. The first kappa shape index (κ1) is 52.6. The molecule has 8 unspecified atom stereocenters. The number of ether oxygens (including phenoxy) is 3. The Morgan fingerprint density at radius 2 is 1.41 bits per heavy atom. The number of methoxy groups -OCH3 is 1. The van der Waals surface area contributed by atoms with Gasteiger partial charge in [-0.15, -0.1) is 0 Å². The van der Waals surface area contributed by atoms with Crippen molar-refractivity contribution in [2.24, 2.45) is 41.4 Å². The molecule has 2 aliphatic carbocycles. The Kier molecular flexibility index (Phi) is 25.0. The highest BCUT2D eigenvalue weighted by Crippen LogP contribution is 2.55. The molecule has 1 N–H and O–H groups in total. The first-order valence-corrected chi connectivity index (χ1v) is 14.4. The van der Waals surface area contributed by atoms with Crippen molar-refractivity contribution < 1.29 is 38.5 Å². The van der Waals surface area contributed by atoms with Gasteiger partial charge in [0.15, 0.2) is 0 Å². The number of cyclic esters (lactones) is 2. The Hall–Kier alpha value is -2.90. The number of esters is 4. The van der Waals surface area contributed by atoms with Crippen LogP contribution in [0.4, 0.5) is 0 Å². The van der Waals surface area contributed by atoms with Crippen LogP contribution in [0.2, 0.25) is 0 Å². The molecule has 0 aromatic heterocycles. The van der Waals surface area contributed by atoms with E-state index in [9.17, 15) is 24.3 Å². The highest BCUT2D eigenvalue weighted by atomic mass is 16.6. The van der Waals surface area contributed by atoms with Crippen molar-refractivity contribution in [2.75, 3.05) is 7.11 Å². The van der Waals surface area contributed by atoms with E-state index in [1.54, 1.807) is 19.9 Å². The minimum absolute atomic E-state index is 0. The van der Waals surface area contributed by atoms with Gasteiger partial charge in [0.05, 0.1) is 24.9 Å². The van der Waals surface area contributed by atoms with Crippen LogP contribution in [0, 0.1) is 41.4 Å². The second kappa shape index (κ2) is 21.8. The molecule has 1 saturated heterocycles. The highest BCUT2D eigenvalue weighted by Gasteiger charge is 2.52. The molecule has 2 saturated carbocycles. The Morgan fingerprint density at radius 3 is 1.76 bits per heavy atom. The van der Waals surface area contributed by atoms with Gasteiger partial charge in [-0.05, 0) is 87.3 Å². The van der Waals surface area contributed by atoms with Gasteiger partial charge in [0.2, 0.25) is 0 Å². The number of benzene rings is 1. The third-order valence-corrected chi connectivity index (χ3v) is 8.91. The van der Waals surface area contributed by atoms with Gasteiger partial charge in [0.1, 0.15) is 16.9 Å². The van der Waals surface area contributed by atoms with E-state index in [2.05, 4.69) is 37.2 Å². The van der Waals surface area contributed by atoms with E-state index in [1.807, 2.05) is 26.8 Å². The van der Waals surface area contributed by atoms with Gasteiger partial charge in [-0.3, -0.25) is 14.4 Å². The maximum absolute atomic E-state index is 12.1. The van der Waals surface area contributed by atoms with Crippen molar-refractivity contribution in [1.82, 2.24) is 0 Å². The van der Waals surface area contributed by atoms with Crippen LogP contribution in [0.3, 0.4) is 0 Å². The Bertz CT molecular complexity index is 1050. The van der Waals surface area contributed by atoms with Crippen LogP contribution in [-0.2, 0) is 28.6 Å². The molecular formula is C38H72O8. The summed E-state index contributed by atoms with van der Waals surface area (Å²) in [5.41, 5.74) is 0.930. The Balaban J connectivity index is -0.000000177. The molecule has 2 bridgehead atoms. The van der Waals surface area contributed by atoms with Gasteiger partial charge in [0.25, 0.3) is 0 Å². The molecule has 0 amide bonds. The first-order chi connectivity index (χ1) is 18.5. The summed E-state index contributed by atoms with van der Waals surface area (Å²) in [5.74, 6) is 1.58. The molecule has 1 heterocycles. The SMILES string of the molecule is C.C.C.C.C.C.CC1C(=O)OC(=O)C1C.CC1C2CC(C(=O)OC(C)(C)C)C(C2)C1C.CCC(C)c1ccc(O)c(C(=O)OC)c1. The average molecular weight is 657 g/mol. The second-order valence-corrected chi connectivity index (χ2v) is 12.6. The molecule has 8 heteroatoms. The summed E-state index contributed by atoms with van der Waals surface area (Å²) in [6.07, 6.45) is 3.29. The van der Waals surface area contributed by atoms with Crippen molar-refractivity contribution in [1.29, 1.82) is 0 Å². The average Bonchev–Trinajstić information content (AvgIpc) is 3.52. The summed E-state index contributed by atoms with van der Waals surface area (Å²) in [6, 6.07) is 5.05. The van der Waals surface area contributed by atoms with E-state index in [1.165, 1.54) is 19.6 Å². The van der Waals surface area contributed by atoms with E-state index >= 15 is 0 Å². The summed E-state index contributed by atoms with van der Waals surface area (Å²) in [7, 11) is 1.30. The van der Waals surface area contributed by atoms with Gasteiger partial charge >= 0.3 is 23.9 Å². The van der Waals surface area contributed by atoms with E-state index in [-0.39, 0.29) is 85.2 Å². The summed E-state index contributed by atoms with van der Waals surface area (Å²) in [5, 5.41) is 9.49. The topological polar surface area (TPSA) is 116 Å². The van der Waals surface area contributed by atoms with Gasteiger partial charge in [-0.2, -0.15) is 0 Å². The van der Waals surface area contributed by atoms with Crippen molar-refractivity contribution in [3.63, 3.8) is 0 Å². The van der Waals surface area contributed by atoms with E-state index in [4.69, 9.17) is 4.74 Å². The van der Waals surface area contributed by atoms with Crippen LogP contribution in [0.25, 0.3) is 0 Å². The molecule has 8 nitrogen and oxygen atoms in total. The summed E-state index contributed by atoms with van der Waals surface area (Å²) in [6.45, 7) is 18.0. The maximum Gasteiger partial charge on any atom is 0.341 e. The Morgan fingerprint density at radius 1 is 0.913 bits per heavy atom. The third kappa shape index (κ3) is 13.1. The molecular weight excluding hydrogens is 584 g/mol. The molecule has 0 radical (unpaired) electrons. The van der Waals surface area contributed by atoms with Crippen LogP contribution in [0.5, 0.6) is 5.75 Å². The lowest BCUT2D eigenvalue weighted by atomic mass is 9.76. The van der Waals surface area contributed by atoms with Crippen molar-refractivity contribution in [2.45, 2.75) is 138 Å². The minimum Gasteiger partial charge on any atom is -0.507 e. The molecule has 0 spiro atoms. The van der Waals surface area contributed by atoms with Gasteiger partial charge in [-0.1, -0.05) is 92.2 Å². The largest absolute Gasteiger partial charge is 0.507 e. The van der Waals surface area contributed by atoms with Crippen molar-refractivity contribution >= 4 is 23.9 Å². The quantitative estimate of drug-likeness (QED) is 0.193. The lowest BCUT2D eigenvalue weighted by molar-refractivity contribution is -0.163. The molecule has 4 rings (SSSR count). The number of aromatic hydroxyl groups is 1. The van der Waals surface area contributed by atoms with Gasteiger partial charge in [-0.25, -0.2) is 4.79 Å². The fraction of sp³-hybridized carbons (Fsp3) is 0.737.